The number of rotatable bonds is 5. The summed E-state index contributed by atoms with van der Waals surface area (Å²) in [6, 6.07) is 5.35. The van der Waals surface area contributed by atoms with Crippen molar-refractivity contribution in [3.8, 4) is 11.4 Å². The molecule has 0 fully saturated rings. The zero-order valence-electron chi connectivity index (χ0n) is 12.2. The summed E-state index contributed by atoms with van der Waals surface area (Å²) in [6.45, 7) is -0.0274. The second kappa shape index (κ2) is 6.29. The van der Waals surface area contributed by atoms with Gasteiger partial charge in [-0.3, -0.25) is 9.59 Å². The third kappa shape index (κ3) is 4.01. The van der Waals surface area contributed by atoms with Crippen molar-refractivity contribution in [3.05, 3.63) is 35.7 Å². The number of Topliss-reactive ketones (excluding diaryl/α,β-unsaturated/α-hetero) is 2. The van der Waals surface area contributed by atoms with Gasteiger partial charge in [-0.25, -0.2) is 0 Å². The number of hydrogen-bond donors (Lipinski definition) is 0. The van der Waals surface area contributed by atoms with Crippen LogP contribution in [0.4, 0.5) is 13.2 Å². The van der Waals surface area contributed by atoms with Crippen LogP contribution in [0.5, 0.6) is 0 Å². The van der Waals surface area contributed by atoms with Crippen LogP contribution in [0, 0.1) is 0 Å². The van der Waals surface area contributed by atoms with E-state index in [4.69, 9.17) is 0 Å². The number of carbonyl (C=O) groups excluding carboxylic acids is 2. The molecule has 0 unspecified atom stereocenters. The van der Waals surface area contributed by atoms with E-state index in [0.717, 1.165) is 0 Å². The molecule has 0 aliphatic rings. The van der Waals surface area contributed by atoms with Gasteiger partial charge in [0.1, 0.15) is 0 Å². The quantitative estimate of drug-likeness (QED) is 0.618. The zero-order valence-corrected chi connectivity index (χ0v) is 12.2. The molecule has 0 saturated heterocycles. The summed E-state index contributed by atoms with van der Waals surface area (Å²) in [5.41, 5.74) is 0.376. The van der Waals surface area contributed by atoms with Gasteiger partial charge < -0.3 is 9.42 Å². The lowest BCUT2D eigenvalue weighted by molar-refractivity contribution is -0.159. The third-order valence-corrected chi connectivity index (χ3v) is 2.79. The maximum atomic E-state index is 12.4. The van der Waals surface area contributed by atoms with E-state index < -0.39 is 23.6 Å². The molecule has 0 radical (unpaired) electrons. The summed E-state index contributed by atoms with van der Waals surface area (Å²) in [4.78, 5) is 28.4. The molecule has 1 heterocycles. The van der Waals surface area contributed by atoms with E-state index in [1.54, 1.807) is 19.0 Å². The Balaban J connectivity index is 2.18. The number of benzene rings is 1. The first-order chi connectivity index (χ1) is 10.7. The van der Waals surface area contributed by atoms with Gasteiger partial charge in [0.2, 0.25) is 17.4 Å². The highest BCUT2D eigenvalue weighted by atomic mass is 19.4. The van der Waals surface area contributed by atoms with Gasteiger partial charge in [-0.05, 0) is 14.1 Å². The fraction of sp³-hybridized carbons (Fsp3) is 0.286. The van der Waals surface area contributed by atoms with Crippen LogP contribution < -0.4 is 0 Å². The number of carbonyl (C=O) groups is 2. The minimum atomic E-state index is -4.72. The van der Waals surface area contributed by atoms with Crippen LogP contribution in [-0.2, 0) is 11.0 Å². The molecule has 0 amide bonds. The molecule has 0 aliphatic heterocycles. The molecule has 23 heavy (non-hydrogen) atoms. The Kier molecular flexibility index (Phi) is 4.60. The molecule has 0 aliphatic carbocycles. The Bertz CT molecular complexity index is 721. The fourth-order valence-corrected chi connectivity index (χ4v) is 1.75. The van der Waals surface area contributed by atoms with Crippen molar-refractivity contribution in [1.82, 2.24) is 15.0 Å². The average molecular weight is 327 g/mol. The molecule has 2 rings (SSSR count). The summed E-state index contributed by atoms with van der Waals surface area (Å²) >= 11 is 0. The second-order valence-electron chi connectivity index (χ2n) is 4.99. The first kappa shape index (κ1) is 16.8. The van der Waals surface area contributed by atoms with Gasteiger partial charge in [-0.1, -0.05) is 29.4 Å². The average Bonchev–Trinajstić information content (AvgIpc) is 2.96. The monoisotopic (exact) mass is 327 g/mol. The molecule has 122 valence electrons. The molecule has 1 aromatic carbocycles. The third-order valence-electron chi connectivity index (χ3n) is 2.79. The SMILES string of the molecule is CN(C)CC(=O)C(=O)c1ccc(-c2noc(C(F)(F)F)n2)cc1. The van der Waals surface area contributed by atoms with Gasteiger partial charge in [0, 0.05) is 11.1 Å². The van der Waals surface area contributed by atoms with E-state index in [9.17, 15) is 22.8 Å². The lowest BCUT2D eigenvalue weighted by Crippen LogP contribution is -2.27. The lowest BCUT2D eigenvalue weighted by Gasteiger charge is -2.07. The summed E-state index contributed by atoms with van der Waals surface area (Å²) in [5.74, 6) is -2.96. The Morgan fingerprint density at radius 1 is 1.17 bits per heavy atom. The van der Waals surface area contributed by atoms with Crippen LogP contribution in [0.2, 0.25) is 0 Å². The Morgan fingerprint density at radius 3 is 2.26 bits per heavy atom. The Hall–Kier alpha value is -2.55. The number of ketones is 2. The van der Waals surface area contributed by atoms with Crippen LogP contribution in [0.3, 0.4) is 0 Å². The number of alkyl halides is 3. The number of halogens is 3. The smallest absolute Gasteiger partial charge is 0.329 e. The van der Waals surface area contributed by atoms with E-state index in [2.05, 4.69) is 14.7 Å². The molecular formula is C14H12F3N3O3. The maximum absolute atomic E-state index is 12.4. The van der Waals surface area contributed by atoms with Gasteiger partial charge >= 0.3 is 12.1 Å². The lowest BCUT2D eigenvalue weighted by atomic mass is 10.0. The van der Waals surface area contributed by atoms with Crippen LogP contribution >= 0.6 is 0 Å². The van der Waals surface area contributed by atoms with Crippen molar-refractivity contribution in [3.63, 3.8) is 0 Å². The number of nitrogens with zero attached hydrogens (tertiary/aromatic N) is 3. The summed E-state index contributed by atoms with van der Waals surface area (Å²) in [6.07, 6.45) is -4.72. The summed E-state index contributed by atoms with van der Waals surface area (Å²) in [7, 11) is 3.31. The van der Waals surface area contributed by atoms with Gasteiger partial charge in [-0.15, -0.1) is 0 Å². The van der Waals surface area contributed by atoms with Crippen molar-refractivity contribution in [2.75, 3.05) is 20.6 Å². The predicted molar refractivity (Wildman–Crippen MR) is 72.6 cm³/mol. The second-order valence-corrected chi connectivity index (χ2v) is 4.99. The highest BCUT2D eigenvalue weighted by Crippen LogP contribution is 2.29. The van der Waals surface area contributed by atoms with Gasteiger partial charge in [0.15, 0.2) is 0 Å². The van der Waals surface area contributed by atoms with Crippen molar-refractivity contribution >= 4 is 11.6 Å². The minimum absolute atomic E-state index is 0.0274. The highest BCUT2D eigenvalue weighted by molar-refractivity contribution is 6.44. The maximum Gasteiger partial charge on any atom is 0.471 e. The normalized spacial score (nSPS) is 11.7. The number of likely N-dealkylation sites (N-methyl/N-ethyl adjacent to an activating group) is 1. The molecule has 2 aromatic rings. The topological polar surface area (TPSA) is 76.3 Å². The van der Waals surface area contributed by atoms with Crippen LogP contribution in [0.25, 0.3) is 11.4 Å². The van der Waals surface area contributed by atoms with Crippen LogP contribution in [0.15, 0.2) is 28.8 Å². The van der Waals surface area contributed by atoms with Crippen molar-refractivity contribution in [1.29, 1.82) is 0 Å². The van der Waals surface area contributed by atoms with Crippen molar-refractivity contribution < 1.29 is 27.3 Å². The molecular weight excluding hydrogens is 315 g/mol. The molecule has 0 N–H and O–H groups in total. The first-order valence-corrected chi connectivity index (χ1v) is 6.42. The molecule has 9 heteroatoms. The first-order valence-electron chi connectivity index (χ1n) is 6.42. The van der Waals surface area contributed by atoms with Crippen molar-refractivity contribution in [2.45, 2.75) is 6.18 Å². The molecule has 0 bridgehead atoms. The van der Waals surface area contributed by atoms with Crippen molar-refractivity contribution in [2.24, 2.45) is 0 Å². The summed E-state index contributed by atoms with van der Waals surface area (Å²) in [5, 5.41) is 3.24. The Morgan fingerprint density at radius 2 is 1.78 bits per heavy atom. The zero-order chi connectivity index (χ0) is 17.2. The molecule has 0 saturated carbocycles. The van der Waals surface area contributed by atoms with E-state index in [0.29, 0.717) is 0 Å². The van der Waals surface area contributed by atoms with E-state index in [1.165, 1.54) is 24.3 Å². The number of hydrogen-bond acceptors (Lipinski definition) is 6. The van der Waals surface area contributed by atoms with E-state index in [1.807, 2.05) is 0 Å². The summed E-state index contributed by atoms with van der Waals surface area (Å²) < 4.78 is 41.3. The molecule has 0 spiro atoms. The largest absolute Gasteiger partial charge is 0.471 e. The van der Waals surface area contributed by atoms with Gasteiger partial charge in [-0.2, -0.15) is 18.2 Å². The molecule has 1 aromatic heterocycles. The van der Waals surface area contributed by atoms with E-state index >= 15 is 0 Å². The molecule has 6 nitrogen and oxygen atoms in total. The molecule has 0 atom stereocenters. The van der Waals surface area contributed by atoms with E-state index in [-0.39, 0.29) is 23.5 Å². The predicted octanol–water partition coefficient (Wildman–Crippen LogP) is 2.07. The highest BCUT2D eigenvalue weighted by Gasteiger charge is 2.38. The van der Waals surface area contributed by atoms with Crippen LogP contribution in [-0.4, -0.2) is 47.2 Å². The van der Waals surface area contributed by atoms with Gasteiger partial charge in [0.05, 0.1) is 6.54 Å². The Labute approximate surface area is 128 Å². The minimum Gasteiger partial charge on any atom is -0.329 e. The number of aromatic nitrogens is 2. The fourth-order valence-electron chi connectivity index (χ4n) is 1.75. The standard InChI is InChI=1S/C14H12F3N3O3/c1-20(2)7-10(21)11(22)8-3-5-9(6-4-8)12-18-13(23-19-12)14(15,16)17/h3-6H,7H2,1-2H3. The van der Waals surface area contributed by atoms with Crippen LogP contribution in [0.1, 0.15) is 16.2 Å². The van der Waals surface area contributed by atoms with Gasteiger partial charge in [0.25, 0.3) is 0 Å².